The molecule has 2 atom stereocenters. The number of nitrogen functional groups attached to an aromatic ring is 1. The molecule has 7 heteroatoms. The number of carbonyl (C=O) groups is 2. The van der Waals surface area contributed by atoms with Crippen LogP contribution in [0.2, 0.25) is 0 Å². The lowest BCUT2D eigenvalue weighted by Crippen LogP contribution is -2.36. The van der Waals surface area contributed by atoms with Crippen LogP contribution in [0.4, 0.5) is 0 Å². The third kappa shape index (κ3) is 3.98. The van der Waals surface area contributed by atoms with Crippen molar-refractivity contribution in [2.75, 3.05) is 13.2 Å². The highest BCUT2D eigenvalue weighted by atomic mass is 16.5. The van der Waals surface area contributed by atoms with Crippen LogP contribution in [0, 0.1) is 16.7 Å². The smallest absolute Gasteiger partial charge is 0.304 e. The number of carboxylic acids is 1. The molecule has 7 nitrogen and oxygen atoms in total. The number of carboxylic acid groups (broad SMARTS) is 1. The van der Waals surface area contributed by atoms with Crippen molar-refractivity contribution >= 4 is 17.7 Å². The van der Waals surface area contributed by atoms with Crippen molar-refractivity contribution in [1.29, 1.82) is 5.41 Å². The van der Waals surface area contributed by atoms with Crippen molar-refractivity contribution in [1.82, 2.24) is 5.32 Å². The molecular weight excluding hydrogens is 358 g/mol. The van der Waals surface area contributed by atoms with Crippen LogP contribution in [-0.2, 0) is 9.59 Å². The molecule has 0 radical (unpaired) electrons. The van der Waals surface area contributed by atoms with E-state index in [0.717, 1.165) is 11.1 Å². The van der Waals surface area contributed by atoms with E-state index in [1.807, 2.05) is 36.4 Å². The van der Waals surface area contributed by atoms with Crippen LogP contribution in [0.1, 0.15) is 18.9 Å². The van der Waals surface area contributed by atoms with E-state index in [1.54, 1.807) is 19.1 Å². The fourth-order valence-electron chi connectivity index (χ4n) is 3.39. The first-order valence-corrected chi connectivity index (χ1v) is 8.97. The molecule has 0 saturated carbocycles. The van der Waals surface area contributed by atoms with Crippen molar-refractivity contribution in [3.05, 3.63) is 54.1 Å². The van der Waals surface area contributed by atoms with Gasteiger partial charge in [-0.1, -0.05) is 36.4 Å². The van der Waals surface area contributed by atoms with E-state index in [-0.39, 0.29) is 30.7 Å². The highest BCUT2D eigenvalue weighted by Crippen LogP contribution is 2.36. The summed E-state index contributed by atoms with van der Waals surface area (Å²) in [5.74, 6) is -0.765. The SMILES string of the molecule is CC1(CC(=O)O)C(=O)NCC1COc1ccc(-c2ccc(C(=N)N)cc2)cc1. The Morgan fingerprint density at radius 2 is 1.79 bits per heavy atom. The summed E-state index contributed by atoms with van der Waals surface area (Å²) in [6, 6.07) is 14.9. The van der Waals surface area contributed by atoms with E-state index in [2.05, 4.69) is 5.32 Å². The first-order valence-electron chi connectivity index (χ1n) is 8.97. The number of carbonyl (C=O) groups excluding carboxylic acids is 1. The van der Waals surface area contributed by atoms with E-state index in [4.69, 9.17) is 21.0 Å². The van der Waals surface area contributed by atoms with Crippen LogP contribution in [0.5, 0.6) is 5.75 Å². The number of nitrogens with one attached hydrogen (secondary N) is 2. The molecule has 1 aliphatic rings. The maximum absolute atomic E-state index is 12.1. The summed E-state index contributed by atoms with van der Waals surface area (Å²) < 4.78 is 5.83. The van der Waals surface area contributed by atoms with Gasteiger partial charge in [-0.05, 0) is 30.2 Å². The fraction of sp³-hybridized carbons (Fsp3) is 0.286. The average Bonchev–Trinajstić information content (AvgIpc) is 2.94. The Hall–Kier alpha value is -3.35. The van der Waals surface area contributed by atoms with E-state index >= 15 is 0 Å². The zero-order valence-electron chi connectivity index (χ0n) is 15.6. The van der Waals surface area contributed by atoms with Crippen LogP contribution < -0.4 is 15.8 Å². The van der Waals surface area contributed by atoms with Crippen molar-refractivity contribution in [2.24, 2.45) is 17.1 Å². The summed E-state index contributed by atoms with van der Waals surface area (Å²) >= 11 is 0. The van der Waals surface area contributed by atoms with Crippen molar-refractivity contribution < 1.29 is 19.4 Å². The molecule has 1 heterocycles. The van der Waals surface area contributed by atoms with Crippen LogP contribution >= 0.6 is 0 Å². The molecule has 2 unspecified atom stereocenters. The lowest BCUT2D eigenvalue weighted by Gasteiger charge is -2.26. The van der Waals surface area contributed by atoms with Gasteiger partial charge in [0.25, 0.3) is 0 Å². The van der Waals surface area contributed by atoms with Gasteiger partial charge in [-0.25, -0.2) is 0 Å². The molecular formula is C21H23N3O4. The number of ether oxygens (including phenoxy) is 1. The summed E-state index contributed by atoms with van der Waals surface area (Å²) in [6.07, 6.45) is -0.220. The lowest BCUT2D eigenvalue weighted by molar-refractivity contribution is -0.144. The monoisotopic (exact) mass is 381 g/mol. The Morgan fingerprint density at radius 1 is 1.21 bits per heavy atom. The zero-order chi connectivity index (χ0) is 20.3. The minimum atomic E-state index is -0.996. The maximum Gasteiger partial charge on any atom is 0.304 e. The molecule has 2 aromatic carbocycles. The molecule has 5 N–H and O–H groups in total. The number of benzene rings is 2. The Kier molecular flexibility index (Phi) is 5.35. The second-order valence-corrected chi connectivity index (χ2v) is 7.22. The van der Waals surface area contributed by atoms with Crippen LogP contribution in [-0.4, -0.2) is 36.0 Å². The average molecular weight is 381 g/mol. The third-order valence-electron chi connectivity index (χ3n) is 5.28. The minimum absolute atomic E-state index is 0.0325. The summed E-state index contributed by atoms with van der Waals surface area (Å²) in [5.41, 5.74) is 7.17. The lowest BCUT2D eigenvalue weighted by atomic mass is 9.77. The summed E-state index contributed by atoms with van der Waals surface area (Å²) in [5, 5.41) is 19.3. The Bertz CT molecular complexity index is 893. The number of hydrogen-bond acceptors (Lipinski definition) is 4. The molecule has 1 fully saturated rings. The Balaban J connectivity index is 1.65. The van der Waals surface area contributed by atoms with Gasteiger partial charge in [0.1, 0.15) is 11.6 Å². The standard InChI is InChI=1S/C21H23N3O4/c1-21(10-18(25)26)16(11-24-20(21)27)12-28-17-8-6-14(7-9-17)13-2-4-15(5-3-13)19(22)23/h2-9,16H,10-12H2,1H3,(H3,22,23)(H,24,27)(H,25,26). The van der Waals surface area contributed by atoms with Crippen molar-refractivity contribution in [3.63, 3.8) is 0 Å². The molecule has 0 spiro atoms. The summed E-state index contributed by atoms with van der Waals surface area (Å²) in [7, 11) is 0. The first-order chi connectivity index (χ1) is 13.3. The largest absolute Gasteiger partial charge is 0.493 e. The minimum Gasteiger partial charge on any atom is -0.493 e. The topological polar surface area (TPSA) is 125 Å². The third-order valence-corrected chi connectivity index (χ3v) is 5.28. The number of amides is 1. The van der Waals surface area contributed by atoms with E-state index in [9.17, 15) is 9.59 Å². The first kappa shape index (κ1) is 19.4. The molecule has 2 aromatic rings. The van der Waals surface area contributed by atoms with Gasteiger partial charge >= 0.3 is 5.97 Å². The van der Waals surface area contributed by atoms with Crippen LogP contribution in [0.15, 0.2) is 48.5 Å². The van der Waals surface area contributed by atoms with Gasteiger partial charge in [-0.15, -0.1) is 0 Å². The molecule has 146 valence electrons. The zero-order valence-corrected chi connectivity index (χ0v) is 15.6. The Morgan fingerprint density at radius 3 is 2.32 bits per heavy atom. The van der Waals surface area contributed by atoms with E-state index in [0.29, 0.717) is 17.9 Å². The summed E-state index contributed by atoms with van der Waals surface area (Å²) in [6.45, 7) is 2.34. The second kappa shape index (κ2) is 7.72. The van der Waals surface area contributed by atoms with Gasteiger partial charge < -0.3 is 20.9 Å². The van der Waals surface area contributed by atoms with Gasteiger partial charge in [-0.2, -0.15) is 0 Å². The predicted molar refractivity (Wildman–Crippen MR) is 105 cm³/mol. The van der Waals surface area contributed by atoms with E-state index < -0.39 is 11.4 Å². The molecule has 0 aliphatic carbocycles. The van der Waals surface area contributed by atoms with E-state index in [1.165, 1.54) is 0 Å². The van der Waals surface area contributed by atoms with Crippen LogP contribution in [0.3, 0.4) is 0 Å². The highest BCUT2D eigenvalue weighted by Gasteiger charge is 2.48. The molecule has 0 bridgehead atoms. The molecule has 1 aliphatic heterocycles. The fourth-order valence-corrected chi connectivity index (χ4v) is 3.39. The Labute approximate surface area is 163 Å². The highest BCUT2D eigenvalue weighted by molar-refractivity contribution is 5.95. The predicted octanol–water partition coefficient (Wildman–Crippen LogP) is 2.24. The van der Waals surface area contributed by atoms with Gasteiger partial charge in [0.05, 0.1) is 18.4 Å². The van der Waals surface area contributed by atoms with Gasteiger partial charge in [0.2, 0.25) is 5.91 Å². The number of rotatable bonds is 7. The second-order valence-electron chi connectivity index (χ2n) is 7.22. The molecule has 28 heavy (non-hydrogen) atoms. The van der Waals surface area contributed by atoms with Crippen molar-refractivity contribution in [2.45, 2.75) is 13.3 Å². The summed E-state index contributed by atoms with van der Waals surface area (Å²) in [4.78, 5) is 23.2. The van der Waals surface area contributed by atoms with Crippen molar-refractivity contribution in [3.8, 4) is 16.9 Å². The molecule has 3 rings (SSSR count). The number of aliphatic carboxylic acids is 1. The number of nitrogens with two attached hydrogens (primary N) is 1. The molecule has 1 saturated heterocycles. The number of hydrogen-bond donors (Lipinski definition) is 4. The normalized spacial score (nSPS) is 21.2. The van der Waals surface area contributed by atoms with Crippen LogP contribution in [0.25, 0.3) is 11.1 Å². The van der Waals surface area contributed by atoms with Gasteiger partial charge in [-0.3, -0.25) is 15.0 Å². The maximum atomic E-state index is 12.1. The quantitative estimate of drug-likeness (QED) is 0.432. The molecule has 1 amide bonds. The molecule has 0 aromatic heterocycles. The van der Waals surface area contributed by atoms with Gasteiger partial charge in [0, 0.05) is 18.0 Å². The van der Waals surface area contributed by atoms with Gasteiger partial charge in [0.15, 0.2) is 0 Å². The number of amidine groups is 1.